The maximum atomic E-state index is 13.8. The second kappa shape index (κ2) is 8.76. The number of thiazole rings is 1. The fourth-order valence-electron chi connectivity index (χ4n) is 3.35. The van der Waals surface area contributed by atoms with Crippen molar-refractivity contribution in [3.05, 3.63) is 95.0 Å². The van der Waals surface area contributed by atoms with E-state index in [-0.39, 0.29) is 13.0 Å². The third kappa shape index (κ3) is 4.69. The quantitative estimate of drug-likeness (QED) is 0.531. The maximum Gasteiger partial charge on any atom is 0.486 e. The van der Waals surface area contributed by atoms with Gasteiger partial charge in [0.2, 0.25) is 0 Å². The van der Waals surface area contributed by atoms with Crippen LogP contribution in [0.15, 0.2) is 79.0 Å². The van der Waals surface area contributed by atoms with Crippen molar-refractivity contribution in [2.24, 2.45) is 0 Å². The van der Waals surface area contributed by atoms with Crippen molar-refractivity contribution in [2.75, 3.05) is 0 Å². The highest BCUT2D eigenvalue weighted by Gasteiger charge is 2.46. The van der Waals surface area contributed by atoms with Crippen LogP contribution in [0.1, 0.15) is 20.8 Å². The Morgan fingerprint density at radius 3 is 2.45 bits per heavy atom. The van der Waals surface area contributed by atoms with Gasteiger partial charge in [-0.3, -0.25) is 24.7 Å². The fraction of sp³-hybridized carbons (Fsp3) is 0.190. The molecule has 1 amide bonds. The number of aromatic nitrogens is 2. The number of rotatable bonds is 6. The normalized spacial score (nSPS) is 16.0. The molecule has 0 spiro atoms. The summed E-state index contributed by atoms with van der Waals surface area (Å²) in [5.41, 5.74) is 2.93. The van der Waals surface area contributed by atoms with E-state index < -0.39 is 18.4 Å². The SMILES string of the molecule is O=C(c1cncs1)N(Cc1cccnc1)N1C=CN(C(F)(F)F)C1Cc1ccccc1. The first-order valence-electron chi connectivity index (χ1n) is 9.38. The molecule has 1 aliphatic heterocycles. The molecule has 1 aromatic carbocycles. The number of hydrogen-bond donors (Lipinski definition) is 0. The molecule has 0 N–H and O–H groups in total. The van der Waals surface area contributed by atoms with E-state index >= 15 is 0 Å². The molecule has 0 radical (unpaired) electrons. The molecular formula is C21H18F3N5OS. The minimum Gasteiger partial charge on any atom is -0.266 e. The van der Waals surface area contributed by atoms with Crippen LogP contribution in [0.3, 0.4) is 0 Å². The second-order valence-electron chi connectivity index (χ2n) is 6.81. The van der Waals surface area contributed by atoms with Gasteiger partial charge in [-0.15, -0.1) is 11.3 Å². The minimum atomic E-state index is -4.60. The van der Waals surface area contributed by atoms with Crippen molar-refractivity contribution in [3.63, 3.8) is 0 Å². The van der Waals surface area contributed by atoms with E-state index in [4.69, 9.17) is 0 Å². The third-order valence-electron chi connectivity index (χ3n) is 4.77. The van der Waals surface area contributed by atoms with Crippen molar-refractivity contribution < 1.29 is 18.0 Å². The van der Waals surface area contributed by atoms with Crippen molar-refractivity contribution in [1.29, 1.82) is 0 Å². The number of carbonyl (C=O) groups is 1. The van der Waals surface area contributed by atoms with Gasteiger partial charge in [0.15, 0.2) is 0 Å². The number of amides is 1. The summed E-state index contributed by atoms with van der Waals surface area (Å²) in [5.74, 6) is -0.432. The van der Waals surface area contributed by atoms with Crippen LogP contribution in [0.5, 0.6) is 0 Å². The first-order chi connectivity index (χ1) is 14.9. The Bertz CT molecular complexity index is 1030. The fourth-order valence-corrected chi connectivity index (χ4v) is 3.91. The monoisotopic (exact) mass is 445 g/mol. The highest BCUT2D eigenvalue weighted by Crippen LogP contribution is 2.33. The summed E-state index contributed by atoms with van der Waals surface area (Å²) in [7, 11) is 0. The van der Waals surface area contributed by atoms with Gasteiger partial charge < -0.3 is 0 Å². The Kier molecular flexibility index (Phi) is 5.90. The summed E-state index contributed by atoms with van der Waals surface area (Å²) in [6.07, 6.45) is 1.15. The Hall–Kier alpha value is -3.40. The van der Waals surface area contributed by atoms with Crippen molar-refractivity contribution >= 4 is 17.2 Å². The van der Waals surface area contributed by atoms with Gasteiger partial charge in [0.25, 0.3) is 5.91 Å². The van der Waals surface area contributed by atoms with Gasteiger partial charge in [-0.2, -0.15) is 13.2 Å². The van der Waals surface area contributed by atoms with Gasteiger partial charge in [0.1, 0.15) is 11.0 Å². The van der Waals surface area contributed by atoms with Crippen LogP contribution in [0.4, 0.5) is 13.2 Å². The van der Waals surface area contributed by atoms with Gasteiger partial charge >= 0.3 is 6.30 Å². The van der Waals surface area contributed by atoms with Crippen LogP contribution >= 0.6 is 11.3 Å². The molecule has 6 nitrogen and oxygen atoms in total. The van der Waals surface area contributed by atoms with Gasteiger partial charge in [-0.05, 0) is 17.2 Å². The summed E-state index contributed by atoms with van der Waals surface area (Å²) in [4.78, 5) is 21.9. The summed E-state index contributed by atoms with van der Waals surface area (Å²) in [6, 6.07) is 12.4. The molecule has 0 aliphatic carbocycles. The minimum absolute atomic E-state index is 0.0614. The van der Waals surface area contributed by atoms with Crippen LogP contribution in [0.2, 0.25) is 0 Å². The van der Waals surface area contributed by atoms with Crippen molar-refractivity contribution in [1.82, 2.24) is 24.9 Å². The lowest BCUT2D eigenvalue weighted by molar-refractivity contribution is -0.253. The summed E-state index contributed by atoms with van der Waals surface area (Å²) >= 11 is 1.14. The van der Waals surface area contributed by atoms with Crippen LogP contribution in [0, 0.1) is 0 Å². The van der Waals surface area contributed by atoms with E-state index in [0.717, 1.165) is 23.1 Å². The number of carbonyl (C=O) groups excluding carboxylic acids is 1. The maximum absolute atomic E-state index is 13.8. The van der Waals surface area contributed by atoms with E-state index in [1.165, 1.54) is 27.9 Å². The molecule has 31 heavy (non-hydrogen) atoms. The highest BCUT2D eigenvalue weighted by molar-refractivity contribution is 7.11. The molecular weight excluding hydrogens is 427 g/mol. The standard InChI is InChI=1S/C21H18F3N5OS/c22-21(23,24)27-9-10-28(19(27)11-16-5-2-1-3-6-16)29(14-17-7-4-8-25-12-17)20(30)18-13-26-15-31-18/h1-10,12-13,15,19H,11,14H2. The average Bonchev–Trinajstić information content (AvgIpc) is 3.43. The number of benzene rings is 1. The molecule has 1 unspecified atom stereocenters. The molecule has 0 saturated heterocycles. The first-order valence-corrected chi connectivity index (χ1v) is 10.3. The zero-order valence-corrected chi connectivity index (χ0v) is 17.0. The van der Waals surface area contributed by atoms with Crippen LogP contribution in [-0.2, 0) is 13.0 Å². The predicted molar refractivity (Wildman–Crippen MR) is 109 cm³/mol. The third-order valence-corrected chi connectivity index (χ3v) is 5.53. The number of hydrogen-bond acceptors (Lipinski definition) is 6. The number of nitrogens with zero attached hydrogens (tertiary/aromatic N) is 5. The lowest BCUT2D eigenvalue weighted by Gasteiger charge is -2.39. The molecule has 160 valence electrons. The Morgan fingerprint density at radius 2 is 1.81 bits per heavy atom. The smallest absolute Gasteiger partial charge is 0.266 e. The number of halogens is 3. The largest absolute Gasteiger partial charge is 0.486 e. The molecule has 1 aliphatic rings. The van der Waals surface area contributed by atoms with Gasteiger partial charge in [0, 0.05) is 31.2 Å². The molecule has 10 heteroatoms. The summed E-state index contributed by atoms with van der Waals surface area (Å²) in [6.45, 7) is 0.0614. The van der Waals surface area contributed by atoms with E-state index in [1.54, 1.807) is 54.9 Å². The number of alkyl halides is 3. The predicted octanol–water partition coefficient (Wildman–Crippen LogP) is 4.27. The highest BCUT2D eigenvalue weighted by atomic mass is 32.1. The summed E-state index contributed by atoms with van der Waals surface area (Å²) < 4.78 is 41.3. The Balaban J connectivity index is 1.70. The van der Waals surface area contributed by atoms with Gasteiger partial charge in [-0.25, -0.2) is 5.01 Å². The molecule has 0 bridgehead atoms. The molecule has 2 aromatic heterocycles. The van der Waals surface area contributed by atoms with Gasteiger partial charge in [0.05, 0.1) is 18.3 Å². The molecule has 1 atom stereocenters. The lowest BCUT2D eigenvalue weighted by Crippen LogP contribution is -2.54. The zero-order valence-electron chi connectivity index (χ0n) is 16.2. The van der Waals surface area contributed by atoms with Crippen molar-refractivity contribution in [2.45, 2.75) is 25.4 Å². The average molecular weight is 445 g/mol. The molecule has 3 aromatic rings. The Labute approximate surface area is 180 Å². The van der Waals surface area contributed by atoms with Gasteiger partial charge in [-0.1, -0.05) is 36.4 Å². The summed E-state index contributed by atoms with van der Waals surface area (Å²) in [5, 5.41) is 2.65. The molecule has 3 heterocycles. The van der Waals surface area contributed by atoms with Crippen LogP contribution < -0.4 is 0 Å². The molecule has 0 fully saturated rings. The number of pyridine rings is 1. The zero-order chi connectivity index (χ0) is 21.8. The van der Waals surface area contributed by atoms with E-state index in [1.807, 2.05) is 0 Å². The lowest BCUT2D eigenvalue weighted by atomic mass is 10.1. The van der Waals surface area contributed by atoms with E-state index in [2.05, 4.69) is 9.97 Å². The molecule has 0 saturated carbocycles. The first kappa shape index (κ1) is 20.9. The number of hydrazine groups is 1. The van der Waals surface area contributed by atoms with E-state index in [9.17, 15) is 18.0 Å². The molecule has 4 rings (SSSR count). The van der Waals surface area contributed by atoms with Crippen molar-refractivity contribution in [3.8, 4) is 0 Å². The second-order valence-corrected chi connectivity index (χ2v) is 7.70. The van der Waals surface area contributed by atoms with E-state index in [0.29, 0.717) is 15.3 Å². The van der Waals surface area contributed by atoms with Crippen LogP contribution in [0.25, 0.3) is 0 Å². The topological polar surface area (TPSA) is 52.6 Å². The Morgan fingerprint density at radius 1 is 1.03 bits per heavy atom. The van der Waals surface area contributed by atoms with Crippen LogP contribution in [-0.4, -0.2) is 43.3 Å².